The number of hydrogen-bond acceptors (Lipinski definition) is 3. The van der Waals surface area contributed by atoms with E-state index in [1.165, 1.54) is 0 Å². The summed E-state index contributed by atoms with van der Waals surface area (Å²) in [6.45, 7) is 5.63. The van der Waals surface area contributed by atoms with Crippen molar-refractivity contribution in [1.82, 2.24) is 4.90 Å². The minimum atomic E-state index is 0.0292. The topological polar surface area (TPSA) is 40.5 Å². The molecule has 1 aliphatic heterocycles. The second kappa shape index (κ2) is 4.01. The van der Waals surface area contributed by atoms with Crippen LogP contribution in [0.15, 0.2) is 0 Å². The number of carbonyl (C=O) groups excluding carboxylic acids is 1. The van der Waals surface area contributed by atoms with E-state index >= 15 is 0 Å². The first kappa shape index (κ1) is 9.68. The average Bonchev–Trinajstić information content (AvgIpc) is 2.50. The number of carbonyl (C=O) groups is 1. The number of ketones is 1. The first-order chi connectivity index (χ1) is 5.65. The van der Waals surface area contributed by atoms with E-state index in [0.29, 0.717) is 5.92 Å². The van der Waals surface area contributed by atoms with Gasteiger partial charge in [-0.2, -0.15) is 0 Å². The number of nitrogens with zero attached hydrogens (tertiary/aromatic N) is 1. The molecule has 0 aromatic rings. The SMILES string of the molecule is CC(=O)C(C)N1CCC(CO)C1. The van der Waals surface area contributed by atoms with Gasteiger partial charge in [0.25, 0.3) is 0 Å². The Morgan fingerprint density at radius 3 is 2.83 bits per heavy atom. The summed E-state index contributed by atoms with van der Waals surface area (Å²) in [6.07, 6.45) is 1.02. The first-order valence-electron chi connectivity index (χ1n) is 4.50. The zero-order valence-corrected chi connectivity index (χ0v) is 7.79. The molecule has 0 bridgehead atoms. The van der Waals surface area contributed by atoms with Gasteiger partial charge in [-0.05, 0) is 32.7 Å². The third-order valence-corrected chi connectivity index (χ3v) is 2.71. The van der Waals surface area contributed by atoms with Crippen molar-refractivity contribution in [3.63, 3.8) is 0 Å². The molecule has 0 saturated carbocycles. The molecule has 3 heteroatoms. The summed E-state index contributed by atoms with van der Waals surface area (Å²) < 4.78 is 0. The van der Waals surface area contributed by atoms with Crippen molar-refractivity contribution in [1.29, 1.82) is 0 Å². The summed E-state index contributed by atoms with van der Waals surface area (Å²) in [5.41, 5.74) is 0. The van der Waals surface area contributed by atoms with Crippen molar-refractivity contribution >= 4 is 5.78 Å². The molecule has 12 heavy (non-hydrogen) atoms. The Hall–Kier alpha value is -0.410. The number of Topliss-reactive ketones (excluding diaryl/α,β-unsaturated/α-hetero) is 1. The van der Waals surface area contributed by atoms with E-state index in [4.69, 9.17) is 5.11 Å². The monoisotopic (exact) mass is 171 g/mol. The van der Waals surface area contributed by atoms with Gasteiger partial charge in [-0.25, -0.2) is 0 Å². The molecule has 1 saturated heterocycles. The second-order valence-electron chi connectivity index (χ2n) is 3.62. The van der Waals surface area contributed by atoms with Crippen LogP contribution in [0.25, 0.3) is 0 Å². The van der Waals surface area contributed by atoms with Crippen LogP contribution in [0.4, 0.5) is 0 Å². The zero-order valence-electron chi connectivity index (χ0n) is 7.79. The smallest absolute Gasteiger partial charge is 0.146 e. The predicted octanol–water partition coefficient (Wildman–Crippen LogP) is 0.278. The molecule has 0 aliphatic carbocycles. The van der Waals surface area contributed by atoms with Crippen LogP contribution >= 0.6 is 0 Å². The van der Waals surface area contributed by atoms with Crippen molar-refractivity contribution in [3.05, 3.63) is 0 Å². The zero-order chi connectivity index (χ0) is 9.14. The molecule has 2 atom stereocenters. The maximum Gasteiger partial charge on any atom is 0.146 e. The van der Waals surface area contributed by atoms with Crippen LogP contribution in [0.2, 0.25) is 0 Å². The summed E-state index contributed by atoms with van der Waals surface area (Å²) in [7, 11) is 0. The van der Waals surface area contributed by atoms with Gasteiger partial charge in [-0.3, -0.25) is 9.69 Å². The average molecular weight is 171 g/mol. The van der Waals surface area contributed by atoms with Gasteiger partial charge in [0.2, 0.25) is 0 Å². The van der Waals surface area contributed by atoms with Crippen LogP contribution in [0, 0.1) is 5.92 Å². The van der Waals surface area contributed by atoms with Crippen molar-refractivity contribution in [2.45, 2.75) is 26.3 Å². The number of likely N-dealkylation sites (tertiary alicyclic amines) is 1. The third kappa shape index (κ3) is 2.05. The summed E-state index contributed by atoms with van der Waals surface area (Å²) in [5, 5.41) is 8.89. The summed E-state index contributed by atoms with van der Waals surface area (Å²) in [4.78, 5) is 13.2. The van der Waals surface area contributed by atoms with Gasteiger partial charge in [-0.15, -0.1) is 0 Å². The van der Waals surface area contributed by atoms with Crippen LogP contribution < -0.4 is 0 Å². The number of rotatable bonds is 3. The van der Waals surface area contributed by atoms with Crippen molar-refractivity contribution in [2.24, 2.45) is 5.92 Å². The fraction of sp³-hybridized carbons (Fsp3) is 0.889. The molecule has 1 rings (SSSR count). The largest absolute Gasteiger partial charge is 0.396 e. The van der Waals surface area contributed by atoms with Crippen molar-refractivity contribution in [2.75, 3.05) is 19.7 Å². The highest BCUT2D eigenvalue weighted by Crippen LogP contribution is 2.17. The van der Waals surface area contributed by atoms with Gasteiger partial charge in [0.05, 0.1) is 6.04 Å². The van der Waals surface area contributed by atoms with E-state index < -0.39 is 0 Å². The second-order valence-corrected chi connectivity index (χ2v) is 3.62. The number of hydrogen-bond donors (Lipinski definition) is 1. The molecule has 0 radical (unpaired) electrons. The lowest BCUT2D eigenvalue weighted by Crippen LogP contribution is -2.36. The number of aliphatic hydroxyl groups excluding tert-OH is 1. The van der Waals surface area contributed by atoms with E-state index in [1.54, 1.807) is 6.92 Å². The summed E-state index contributed by atoms with van der Waals surface area (Å²) in [6, 6.07) is 0.0292. The summed E-state index contributed by atoms with van der Waals surface area (Å²) in [5.74, 6) is 0.598. The van der Waals surface area contributed by atoms with Crippen LogP contribution in [0.1, 0.15) is 20.3 Å². The Balaban J connectivity index is 2.41. The van der Waals surface area contributed by atoms with E-state index in [9.17, 15) is 4.79 Å². The molecule has 0 spiro atoms. The Morgan fingerprint density at radius 2 is 2.42 bits per heavy atom. The number of aliphatic hydroxyl groups is 1. The molecule has 3 nitrogen and oxygen atoms in total. The van der Waals surface area contributed by atoms with Crippen LogP contribution in [-0.4, -0.2) is 41.5 Å². The lowest BCUT2D eigenvalue weighted by molar-refractivity contribution is -0.121. The van der Waals surface area contributed by atoms with E-state index in [-0.39, 0.29) is 18.4 Å². The van der Waals surface area contributed by atoms with Gasteiger partial charge in [0, 0.05) is 13.2 Å². The Bertz CT molecular complexity index is 170. The molecule has 0 amide bonds. The normalized spacial score (nSPS) is 27.4. The molecule has 1 N–H and O–H groups in total. The minimum Gasteiger partial charge on any atom is -0.396 e. The molecular formula is C9H17NO2. The standard InChI is InChI=1S/C9H17NO2/c1-7(8(2)12)10-4-3-9(5-10)6-11/h7,9,11H,3-6H2,1-2H3. The molecule has 0 aromatic heterocycles. The quantitative estimate of drug-likeness (QED) is 0.663. The van der Waals surface area contributed by atoms with Crippen molar-refractivity contribution < 1.29 is 9.90 Å². The van der Waals surface area contributed by atoms with E-state index in [1.807, 2.05) is 6.92 Å². The highest BCUT2D eigenvalue weighted by atomic mass is 16.3. The third-order valence-electron chi connectivity index (χ3n) is 2.71. The summed E-state index contributed by atoms with van der Waals surface area (Å²) >= 11 is 0. The van der Waals surface area contributed by atoms with Crippen LogP contribution in [0.3, 0.4) is 0 Å². The molecule has 0 aromatic carbocycles. The fourth-order valence-electron chi connectivity index (χ4n) is 1.62. The molecule has 2 unspecified atom stereocenters. The van der Waals surface area contributed by atoms with Gasteiger partial charge in [0.15, 0.2) is 0 Å². The molecule has 1 fully saturated rings. The fourth-order valence-corrected chi connectivity index (χ4v) is 1.62. The lowest BCUT2D eigenvalue weighted by Gasteiger charge is -2.21. The van der Waals surface area contributed by atoms with Gasteiger partial charge >= 0.3 is 0 Å². The molecule has 70 valence electrons. The molecule has 1 heterocycles. The van der Waals surface area contributed by atoms with Crippen LogP contribution in [0.5, 0.6) is 0 Å². The Kier molecular flexibility index (Phi) is 3.23. The van der Waals surface area contributed by atoms with E-state index in [2.05, 4.69) is 4.90 Å². The van der Waals surface area contributed by atoms with E-state index in [0.717, 1.165) is 19.5 Å². The van der Waals surface area contributed by atoms with Gasteiger partial charge in [0.1, 0.15) is 5.78 Å². The minimum absolute atomic E-state index is 0.0292. The Morgan fingerprint density at radius 1 is 1.75 bits per heavy atom. The highest BCUT2D eigenvalue weighted by Gasteiger charge is 2.27. The molecular weight excluding hydrogens is 154 g/mol. The van der Waals surface area contributed by atoms with Crippen LogP contribution in [-0.2, 0) is 4.79 Å². The van der Waals surface area contributed by atoms with Crippen molar-refractivity contribution in [3.8, 4) is 0 Å². The molecule has 1 aliphatic rings. The first-order valence-corrected chi connectivity index (χ1v) is 4.50. The van der Waals surface area contributed by atoms with Gasteiger partial charge < -0.3 is 5.11 Å². The van der Waals surface area contributed by atoms with Gasteiger partial charge in [-0.1, -0.05) is 0 Å². The maximum atomic E-state index is 11.0. The predicted molar refractivity (Wildman–Crippen MR) is 46.9 cm³/mol. The highest BCUT2D eigenvalue weighted by molar-refractivity contribution is 5.80. The Labute approximate surface area is 73.4 Å². The lowest BCUT2D eigenvalue weighted by atomic mass is 10.1. The maximum absolute atomic E-state index is 11.0.